The first-order chi connectivity index (χ1) is 12.6. The molecule has 1 aliphatic heterocycles. The number of likely N-dealkylation sites (tertiary alicyclic amines) is 1. The molecule has 0 unspecified atom stereocenters. The van der Waals surface area contributed by atoms with E-state index in [0.29, 0.717) is 30.5 Å². The summed E-state index contributed by atoms with van der Waals surface area (Å²) in [5.74, 6) is 1.76. The summed E-state index contributed by atoms with van der Waals surface area (Å²) in [5, 5.41) is 0. The van der Waals surface area contributed by atoms with E-state index in [-0.39, 0.29) is 12.5 Å². The van der Waals surface area contributed by atoms with Crippen LogP contribution in [0.2, 0.25) is 0 Å². The van der Waals surface area contributed by atoms with Crippen molar-refractivity contribution < 1.29 is 9.53 Å². The molecule has 8 heteroatoms. The van der Waals surface area contributed by atoms with Crippen molar-refractivity contribution in [2.75, 3.05) is 45.8 Å². The number of methoxy groups -OCH3 is 1. The SMILES string of the molecule is COCC(=O)N1CCC(c2cc(N(C)C)nc(-c3cnccn3)n2)CC1. The number of hydrogen-bond donors (Lipinski definition) is 0. The molecule has 1 fully saturated rings. The van der Waals surface area contributed by atoms with Crippen molar-refractivity contribution in [3.8, 4) is 11.5 Å². The van der Waals surface area contributed by atoms with Crippen LogP contribution in [0, 0.1) is 0 Å². The van der Waals surface area contributed by atoms with Gasteiger partial charge >= 0.3 is 0 Å². The van der Waals surface area contributed by atoms with Crippen molar-refractivity contribution in [1.29, 1.82) is 0 Å². The third-order valence-corrected chi connectivity index (χ3v) is 4.52. The lowest BCUT2D eigenvalue weighted by atomic mass is 9.93. The number of nitrogens with zero attached hydrogens (tertiary/aromatic N) is 6. The van der Waals surface area contributed by atoms with Gasteiger partial charge in [0.15, 0.2) is 5.82 Å². The van der Waals surface area contributed by atoms with E-state index in [4.69, 9.17) is 9.72 Å². The van der Waals surface area contributed by atoms with E-state index in [9.17, 15) is 4.79 Å². The molecule has 0 N–H and O–H groups in total. The van der Waals surface area contributed by atoms with Crippen LogP contribution in [-0.4, -0.2) is 71.6 Å². The molecule has 2 aromatic heterocycles. The predicted molar refractivity (Wildman–Crippen MR) is 97.8 cm³/mol. The maximum atomic E-state index is 12.0. The lowest BCUT2D eigenvalue weighted by Crippen LogP contribution is -2.39. The second-order valence-corrected chi connectivity index (χ2v) is 6.55. The van der Waals surface area contributed by atoms with Gasteiger partial charge in [-0.25, -0.2) is 15.0 Å². The summed E-state index contributed by atoms with van der Waals surface area (Å²) in [7, 11) is 5.46. The van der Waals surface area contributed by atoms with E-state index in [0.717, 1.165) is 24.4 Å². The average Bonchev–Trinajstić information content (AvgIpc) is 2.68. The van der Waals surface area contributed by atoms with Gasteiger partial charge in [0.05, 0.1) is 6.20 Å². The molecule has 2 aromatic rings. The van der Waals surface area contributed by atoms with E-state index in [1.807, 2.05) is 30.0 Å². The van der Waals surface area contributed by atoms with Crippen LogP contribution in [-0.2, 0) is 9.53 Å². The topological polar surface area (TPSA) is 84.3 Å². The van der Waals surface area contributed by atoms with Crippen LogP contribution in [0.5, 0.6) is 0 Å². The molecule has 3 rings (SSSR count). The van der Waals surface area contributed by atoms with Gasteiger partial charge in [0, 0.05) is 64.4 Å². The summed E-state index contributed by atoms with van der Waals surface area (Å²) in [6.07, 6.45) is 6.69. The minimum atomic E-state index is 0.0443. The Morgan fingerprint density at radius 2 is 2.04 bits per heavy atom. The summed E-state index contributed by atoms with van der Waals surface area (Å²) < 4.78 is 4.94. The smallest absolute Gasteiger partial charge is 0.248 e. The molecule has 3 heterocycles. The van der Waals surface area contributed by atoms with Gasteiger partial charge in [-0.05, 0) is 12.8 Å². The fourth-order valence-corrected chi connectivity index (χ4v) is 3.06. The predicted octanol–water partition coefficient (Wildman–Crippen LogP) is 1.35. The molecule has 0 saturated carbocycles. The number of ether oxygens (including phenoxy) is 1. The fourth-order valence-electron chi connectivity index (χ4n) is 3.06. The molecule has 0 bridgehead atoms. The molecule has 0 aromatic carbocycles. The van der Waals surface area contributed by atoms with Gasteiger partial charge in [-0.3, -0.25) is 9.78 Å². The number of piperidine rings is 1. The van der Waals surface area contributed by atoms with E-state index in [1.54, 1.807) is 25.7 Å². The minimum absolute atomic E-state index is 0.0443. The van der Waals surface area contributed by atoms with Crippen LogP contribution in [0.25, 0.3) is 11.5 Å². The van der Waals surface area contributed by atoms with Gasteiger partial charge in [-0.15, -0.1) is 0 Å². The summed E-state index contributed by atoms with van der Waals surface area (Å²) >= 11 is 0. The molecule has 1 aliphatic rings. The van der Waals surface area contributed by atoms with Crippen LogP contribution < -0.4 is 4.90 Å². The number of carbonyl (C=O) groups is 1. The highest BCUT2D eigenvalue weighted by Crippen LogP contribution is 2.29. The van der Waals surface area contributed by atoms with Gasteiger partial charge in [-0.1, -0.05) is 0 Å². The number of hydrogen-bond acceptors (Lipinski definition) is 7. The van der Waals surface area contributed by atoms with Crippen molar-refractivity contribution in [3.63, 3.8) is 0 Å². The molecule has 26 heavy (non-hydrogen) atoms. The van der Waals surface area contributed by atoms with Crippen molar-refractivity contribution in [3.05, 3.63) is 30.4 Å². The van der Waals surface area contributed by atoms with Crippen molar-refractivity contribution in [1.82, 2.24) is 24.8 Å². The zero-order chi connectivity index (χ0) is 18.5. The Hall–Kier alpha value is -2.61. The number of carbonyl (C=O) groups excluding carboxylic acids is 1. The van der Waals surface area contributed by atoms with Gasteiger partial charge in [0.2, 0.25) is 5.91 Å². The number of anilines is 1. The van der Waals surface area contributed by atoms with Gasteiger partial charge in [0.1, 0.15) is 18.1 Å². The van der Waals surface area contributed by atoms with Crippen molar-refractivity contribution >= 4 is 11.7 Å². The van der Waals surface area contributed by atoms with Crippen LogP contribution in [0.4, 0.5) is 5.82 Å². The first-order valence-electron chi connectivity index (χ1n) is 8.68. The molecular weight excluding hydrogens is 332 g/mol. The van der Waals surface area contributed by atoms with Crippen LogP contribution in [0.15, 0.2) is 24.7 Å². The van der Waals surface area contributed by atoms with Gasteiger partial charge in [0.25, 0.3) is 0 Å². The Bertz CT molecular complexity index is 745. The number of aromatic nitrogens is 4. The van der Waals surface area contributed by atoms with Crippen LogP contribution >= 0.6 is 0 Å². The summed E-state index contributed by atoms with van der Waals surface area (Å²) in [6.45, 7) is 1.57. The van der Waals surface area contributed by atoms with Crippen molar-refractivity contribution in [2.45, 2.75) is 18.8 Å². The molecule has 1 saturated heterocycles. The molecule has 8 nitrogen and oxygen atoms in total. The first-order valence-corrected chi connectivity index (χ1v) is 8.68. The lowest BCUT2D eigenvalue weighted by Gasteiger charge is -2.32. The monoisotopic (exact) mass is 356 g/mol. The molecule has 0 radical (unpaired) electrons. The quantitative estimate of drug-likeness (QED) is 0.799. The first kappa shape index (κ1) is 18.2. The summed E-state index contributed by atoms with van der Waals surface area (Å²) in [6, 6.07) is 2.02. The Kier molecular flexibility index (Phi) is 5.72. The molecular formula is C18H24N6O2. The largest absolute Gasteiger partial charge is 0.375 e. The molecule has 0 spiro atoms. The van der Waals surface area contributed by atoms with Crippen LogP contribution in [0.1, 0.15) is 24.5 Å². The standard InChI is InChI=1S/C18H24N6O2/c1-23(2)16-10-14(21-18(22-16)15-11-19-6-7-20-15)13-4-8-24(9-5-13)17(25)12-26-3/h6-7,10-11,13H,4-5,8-9,12H2,1-3H3. The number of rotatable bonds is 5. The maximum absolute atomic E-state index is 12.0. The Labute approximate surface area is 153 Å². The number of amides is 1. The van der Waals surface area contributed by atoms with Crippen molar-refractivity contribution in [2.24, 2.45) is 0 Å². The molecule has 1 amide bonds. The maximum Gasteiger partial charge on any atom is 0.248 e. The lowest BCUT2D eigenvalue weighted by molar-refractivity contribution is -0.136. The summed E-state index contributed by atoms with van der Waals surface area (Å²) in [5.41, 5.74) is 1.65. The van der Waals surface area contributed by atoms with E-state index in [1.165, 1.54) is 0 Å². The normalized spacial score (nSPS) is 15.1. The molecule has 138 valence electrons. The highest BCUT2D eigenvalue weighted by molar-refractivity contribution is 5.77. The van der Waals surface area contributed by atoms with Crippen LogP contribution in [0.3, 0.4) is 0 Å². The zero-order valence-electron chi connectivity index (χ0n) is 15.4. The Morgan fingerprint density at radius 3 is 2.65 bits per heavy atom. The fraction of sp³-hybridized carbons (Fsp3) is 0.500. The van der Waals surface area contributed by atoms with E-state index in [2.05, 4.69) is 15.0 Å². The second-order valence-electron chi connectivity index (χ2n) is 6.55. The molecule has 0 aliphatic carbocycles. The van der Waals surface area contributed by atoms with E-state index >= 15 is 0 Å². The molecule has 0 atom stereocenters. The third-order valence-electron chi connectivity index (χ3n) is 4.52. The zero-order valence-corrected chi connectivity index (χ0v) is 15.4. The average molecular weight is 356 g/mol. The highest BCUT2D eigenvalue weighted by atomic mass is 16.5. The summed E-state index contributed by atoms with van der Waals surface area (Å²) in [4.78, 5) is 33.6. The Morgan fingerprint density at radius 1 is 1.27 bits per heavy atom. The van der Waals surface area contributed by atoms with Gasteiger partial charge in [-0.2, -0.15) is 0 Å². The van der Waals surface area contributed by atoms with E-state index < -0.39 is 0 Å². The second kappa shape index (κ2) is 8.18. The Balaban J connectivity index is 1.82. The minimum Gasteiger partial charge on any atom is -0.375 e. The van der Waals surface area contributed by atoms with Gasteiger partial charge < -0.3 is 14.5 Å². The third kappa shape index (κ3) is 4.13. The highest BCUT2D eigenvalue weighted by Gasteiger charge is 2.25.